The maximum absolute atomic E-state index is 16.3. The molecule has 2 bridgehead atoms. The minimum atomic E-state index is -5.08. The first kappa shape index (κ1) is 26.9. The van der Waals surface area contributed by atoms with Gasteiger partial charge in [0.15, 0.2) is 15.7 Å². The molecule has 0 saturated carbocycles. The first-order chi connectivity index (χ1) is 18.6. The van der Waals surface area contributed by atoms with E-state index in [9.17, 15) is 26.0 Å². The summed E-state index contributed by atoms with van der Waals surface area (Å²) < 4.78 is 104. The normalized spacial score (nSPS) is 24.1. The predicted octanol–water partition coefficient (Wildman–Crippen LogP) is 3.51. The van der Waals surface area contributed by atoms with E-state index >= 15 is 4.39 Å². The van der Waals surface area contributed by atoms with E-state index in [1.54, 1.807) is 6.92 Å². The van der Waals surface area contributed by atoms with Crippen LogP contribution in [0.3, 0.4) is 0 Å². The maximum atomic E-state index is 16.3. The number of nitrogens with two attached hydrogens (primary N) is 1. The Bertz CT molecular complexity index is 1680. The zero-order valence-corrected chi connectivity index (χ0v) is 22.4. The minimum Gasteiger partial charge on any atom is -0.472 e. The van der Waals surface area contributed by atoms with Crippen LogP contribution < -0.4 is 20.7 Å². The lowest BCUT2D eigenvalue weighted by Gasteiger charge is -2.42. The predicted molar refractivity (Wildman–Crippen MR) is 137 cm³/mol. The van der Waals surface area contributed by atoms with E-state index in [1.807, 2.05) is 4.90 Å². The quantitative estimate of drug-likeness (QED) is 0.352. The highest BCUT2D eigenvalue weighted by Gasteiger charge is 2.47. The summed E-state index contributed by atoms with van der Waals surface area (Å²) in [6.07, 6.45) is -2.96. The van der Waals surface area contributed by atoms with Crippen LogP contribution in [0.2, 0.25) is 0 Å². The molecule has 0 unspecified atom stereocenters. The van der Waals surface area contributed by atoms with Crippen LogP contribution in [0, 0.1) is 18.6 Å². The number of piperazine rings is 1. The summed E-state index contributed by atoms with van der Waals surface area (Å²) >= 11 is 0. The molecule has 2 fully saturated rings. The molecule has 0 spiro atoms. The largest absolute Gasteiger partial charge is 0.472 e. The number of ether oxygens (including phenoxy) is 1. The Hall–Kier alpha value is -3.33. The number of nitrogens with one attached hydrogen (secondary N) is 1. The number of anilines is 2. The summed E-state index contributed by atoms with van der Waals surface area (Å²) in [7, 11) is -3.67. The van der Waals surface area contributed by atoms with Crippen LogP contribution in [0.5, 0.6) is 5.88 Å². The van der Waals surface area contributed by atoms with Gasteiger partial charge in [0.1, 0.15) is 45.9 Å². The fourth-order valence-electron chi connectivity index (χ4n) is 6.20. The van der Waals surface area contributed by atoms with Crippen molar-refractivity contribution in [3.8, 4) is 17.1 Å². The van der Waals surface area contributed by atoms with Crippen molar-refractivity contribution in [2.45, 2.75) is 62.8 Å². The highest BCUT2D eigenvalue weighted by atomic mass is 32.2. The highest BCUT2D eigenvalue weighted by Crippen LogP contribution is 2.46. The van der Waals surface area contributed by atoms with E-state index in [0.717, 1.165) is 26.0 Å². The molecule has 0 aliphatic carbocycles. The molecule has 2 saturated heterocycles. The Morgan fingerprint density at radius 1 is 1.18 bits per heavy atom. The second-order valence-electron chi connectivity index (χ2n) is 10.7. The second-order valence-corrected chi connectivity index (χ2v) is 12.8. The average Bonchev–Trinajstić information content (AvgIpc) is 3.16. The van der Waals surface area contributed by atoms with Crippen molar-refractivity contribution < 1.29 is 35.1 Å². The zero-order valence-electron chi connectivity index (χ0n) is 21.6. The van der Waals surface area contributed by atoms with Gasteiger partial charge in [0, 0.05) is 30.4 Å². The van der Waals surface area contributed by atoms with Crippen molar-refractivity contribution in [3.05, 3.63) is 34.7 Å². The number of rotatable bonds is 3. The molecule has 0 amide bonds. The maximum Gasteiger partial charge on any atom is 0.417 e. The third-order valence-corrected chi connectivity index (χ3v) is 8.53. The zero-order chi connectivity index (χ0) is 28.9. The number of nitrogens with zero attached hydrogens (tertiary/aromatic N) is 4. The number of aromatic nitrogens is 3. The summed E-state index contributed by atoms with van der Waals surface area (Å²) in [5.41, 5.74) is 0.748. The Morgan fingerprint density at radius 2 is 1.90 bits per heavy atom. The molecule has 5 heterocycles. The topological polar surface area (TPSA) is 123 Å². The number of fused-ring (bicyclic) bond motifs is 5. The number of nitrogen functional groups attached to an aromatic ring is 1. The summed E-state index contributed by atoms with van der Waals surface area (Å²) in [6.45, 7) is 3.13. The van der Waals surface area contributed by atoms with Gasteiger partial charge in [-0.3, -0.25) is 0 Å². The van der Waals surface area contributed by atoms with E-state index in [2.05, 4.69) is 20.3 Å². The van der Waals surface area contributed by atoms with Gasteiger partial charge in [-0.25, -0.2) is 32.2 Å². The third kappa shape index (κ3) is 4.21. The van der Waals surface area contributed by atoms with Crippen molar-refractivity contribution in [2.75, 3.05) is 23.4 Å². The molecule has 214 valence electrons. The van der Waals surface area contributed by atoms with Crippen LogP contribution in [-0.4, -0.2) is 60.4 Å². The van der Waals surface area contributed by atoms with Crippen LogP contribution in [0.15, 0.2) is 6.07 Å². The van der Waals surface area contributed by atoms with Gasteiger partial charge >= 0.3 is 6.18 Å². The van der Waals surface area contributed by atoms with Gasteiger partial charge < -0.3 is 20.7 Å². The molecular weight excluding hydrogens is 559 g/mol. The number of hydrogen-bond donors (Lipinski definition) is 2. The number of benzene rings is 1. The van der Waals surface area contributed by atoms with Gasteiger partial charge in [0.25, 0.3) is 0 Å². The third-order valence-electron chi connectivity index (χ3n) is 7.75. The van der Waals surface area contributed by atoms with Crippen LogP contribution in [-0.2, 0) is 21.8 Å². The molecule has 3 aromatic rings. The number of pyridine rings is 1. The molecule has 2 aromatic heterocycles. The van der Waals surface area contributed by atoms with Crippen molar-refractivity contribution in [3.63, 3.8) is 0 Å². The van der Waals surface area contributed by atoms with Crippen molar-refractivity contribution in [2.24, 2.45) is 0 Å². The molecule has 6 rings (SSSR count). The Morgan fingerprint density at radius 3 is 2.58 bits per heavy atom. The van der Waals surface area contributed by atoms with Crippen LogP contribution in [0.25, 0.3) is 22.2 Å². The molecule has 0 radical (unpaired) electrons. The fourth-order valence-corrected chi connectivity index (χ4v) is 6.80. The molecular formula is C25H25F5N6O3S. The van der Waals surface area contributed by atoms with Gasteiger partial charge in [-0.05, 0) is 38.3 Å². The smallest absolute Gasteiger partial charge is 0.417 e. The van der Waals surface area contributed by atoms with Crippen LogP contribution in [0.1, 0.15) is 36.7 Å². The fraction of sp³-hybridized carbons (Fsp3) is 0.480. The first-order valence-electron chi connectivity index (χ1n) is 12.6. The Kier molecular flexibility index (Phi) is 5.93. The van der Waals surface area contributed by atoms with Crippen LogP contribution in [0.4, 0.5) is 33.5 Å². The number of sulfone groups is 1. The molecule has 1 aromatic carbocycles. The molecule has 4 atom stereocenters. The minimum absolute atomic E-state index is 0.0212. The standard InChI is InChI=1S/C25H25F5N6O3S/c1-9-17(25(28,29)30)12(6-13(31)18(9)26)20-19(27)21-16-23(34-15(33-21)8-40(3,37)38)36-7-11-4-5-14(32-11)22(36)10(2)39-24(16)35-20/h6,10-11,14,22,32H,4-5,7-8,31H2,1-3H3/t10-,11+,14-,22+/m0/s1. The summed E-state index contributed by atoms with van der Waals surface area (Å²) in [5.74, 6) is -3.40. The van der Waals surface area contributed by atoms with Gasteiger partial charge in [-0.1, -0.05) is 0 Å². The molecule has 9 nitrogen and oxygen atoms in total. The van der Waals surface area contributed by atoms with Crippen molar-refractivity contribution >= 4 is 32.2 Å². The summed E-state index contributed by atoms with van der Waals surface area (Å²) in [6, 6.07) is 0.459. The number of hydrogen-bond acceptors (Lipinski definition) is 9. The average molecular weight is 585 g/mol. The lowest BCUT2D eigenvalue weighted by atomic mass is 9.96. The highest BCUT2D eigenvalue weighted by molar-refractivity contribution is 7.89. The lowest BCUT2D eigenvalue weighted by molar-refractivity contribution is -0.137. The molecule has 3 aliphatic rings. The van der Waals surface area contributed by atoms with E-state index < -0.39 is 73.1 Å². The number of alkyl halides is 3. The Labute approximate surface area is 225 Å². The Balaban J connectivity index is 1.69. The van der Waals surface area contributed by atoms with Crippen molar-refractivity contribution in [1.29, 1.82) is 0 Å². The van der Waals surface area contributed by atoms with E-state index in [-0.39, 0.29) is 41.0 Å². The molecule has 3 N–H and O–H groups in total. The second kappa shape index (κ2) is 8.83. The van der Waals surface area contributed by atoms with Crippen LogP contribution >= 0.6 is 0 Å². The summed E-state index contributed by atoms with van der Waals surface area (Å²) in [4.78, 5) is 14.8. The lowest BCUT2D eigenvalue weighted by Crippen LogP contribution is -2.62. The monoisotopic (exact) mass is 584 g/mol. The van der Waals surface area contributed by atoms with E-state index in [0.29, 0.717) is 12.6 Å². The van der Waals surface area contributed by atoms with Gasteiger partial charge in [-0.15, -0.1) is 0 Å². The van der Waals surface area contributed by atoms with E-state index in [1.165, 1.54) is 0 Å². The van der Waals surface area contributed by atoms with Gasteiger partial charge in [0.05, 0.1) is 17.3 Å². The SMILES string of the molecule is Cc1c(F)c(N)cc(-c2nc3c4c(nc(CS(C)(=O)=O)nc4c2F)N2C[C@H]4CC[C@H](N4)[C@H]2[C@H](C)O3)c1C(F)(F)F. The summed E-state index contributed by atoms with van der Waals surface area (Å²) in [5, 5.41) is 3.54. The first-order valence-corrected chi connectivity index (χ1v) is 14.6. The van der Waals surface area contributed by atoms with Gasteiger partial charge in [-0.2, -0.15) is 13.2 Å². The molecule has 15 heteroatoms. The molecule has 3 aliphatic heterocycles. The van der Waals surface area contributed by atoms with Crippen molar-refractivity contribution in [1.82, 2.24) is 20.3 Å². The van der Waals surface area contributed by atoms with Gasteiger partial charge in [0.2, 0.25) is 5.88 Å². The molecule has 40 heavy (non-hydrogen) atoms. The number of halogens is 5. The van der Waals surface area contributed by atoms with E-state index in [4.69, 9.17) is 10.5 Å².